The van der Waals surface area contributed by atoms with E-state index < -0.39 is 0 Å². The van der Waals surface area contributed by atoms with Crippen molar-refractivity contribution in [1.82, 2.24) is 4.73 Å². The van der Waals surface area contributed by atoms with E-state index in [-0.39, 0.29) is 6.10 Å². The Bertz CT molecular complexity index is 868. The third-order valence-corrected chi connectivity index (χ3v) is 4.37. The molecule has 0 radical (unpaired) electrons. The van der Waals surface area contributed by atoms with Gasteiger partial charge >= 0.3 is 0 Å². The van der Waals surface area contributed by atoms with E-state index in [9.17, 15) is 0 Å². The molecule has 0 aliphatic heterocycles. The molecular formula is C22H21NOS. The standard InChI is InChI=1S/C22H21NOS/c1-2-3-11-21(24-23-17-8-7-12-22(23)25)20-15-13-19(14-16-20)18-9-5-4-6-10-18/h2,4-10,12-17,21H,1,3,11H2. The summed E-state index contributed by atoms with van der Waals surface area (Å²) in [6.07, 6.45) is 5.42. The molecule has 0 saturated heterocycles. The summed E-state index contributed by atoms with van der Waals surface area (Å²) in [4.78, 5) is 6.14. The van der Waals surface area contributed by atoms with Gasteiger partial charge in [-0.2, -0.15) is 4.73 Å². The molecule has 1 atom stereocenters. The fourth-order valence-corrected chi connectivity index (χ4v) is 2.89. The molecule has 3 rings (SSSR count). The highest BCUT2D eigenvalue weighted by Crippen LogP contribution is 2.25. The minimum absolute atomic E-state index is 0.0723. The molecule has 25 heavy (non-hydrogen) atoms. The van der Waals surface area contributed by atoms with Crippen LogP contribution in [0.2, 0.25) is 0 Å². The van der Waals surface area contributed by atoms with Crippen molar-refractivity contribution in [1.29, 1.82) is 0 Å². The summed E-state index contributed by atoms with van der Waals surface area (Å²) in [5.74, 6) is 0. The number of aromatic nitrogens is 1. The van der Waals surface area contributed by atoms with Gasteiger partial charge in [-0.15, -0.1) is 6.58 Å². The minimum atomic E-state index is -0.0723. The van der Waals surface area contributed by atoms with Crippen LogP contribution >= 0.6 is 12.2 Å². The van der Waals surface area contributed by atoms with Gasteiger partial charge in [0.15, 0.2) is 6.10 Å². The van der Waals surface area contributed by atoms with Crippen LogP contribution < -0.4 is 4.84 Å². The van der Waals surface area contributed by atoms with Crippen molar-refractivity contribution in [3.8, 4) is 11.1 Å². The molecule has 3 aromatic rings. The average molecular weight is 347 g/mol. The molecule has 0 fully saturated rings. The molecule has 0 aliphatic rings. The summed E-state index contributed by atoms with van der Waals surface area (Å²) in [5.41, 5.74) is 3.54. The number of nitrogens with zero attached hydrogens (tertiary/aromatic N) is 1. The molecular weight excluding hydrogens is 326 g/mol. The van der Waals surface area contributed by atoms with Crippen LogP contribution in [0, 0.1) is 4.64 Å². The van der Waals surface area contributed by atoms with E-state index in [0.717, 1.165) is 18.4 Å². The maximum atomic E-state index is 6.14. The predicted molar refractivity (Wildman–Crippen MR) is 106 cm³/mol. The highest BCUT2D eigenvalue weighted by atomic mass is 32.1. The van der Waals surface area contributed by atoms with Crippen LogP contribution in [0.4, 0.5) is 0 Å². The zero-order valence-electron chi connectivity index (χ0n) is 14.0. The minimum Gasteiger partial charge on any atom is -0.405 e. The highest BCUT2D eigenvalue weighted by Gasteiger charge is 2.13. The first-order valence-corrected chi connectivity index (χ1v) is 8.80. The van der Waals surface area contributed by atoms with E-state index in [0.29, 0.717) is 4.64 Å². The average Bonchev–Trinajstić information content (AvgIpc) is 2.67. The zero-order chi connectivity index (χ0) is 17.5. The molecule has 0 saturated carbocycles. The molecule has 126 valence electrons. The summed E-state index contributed by atoms with van der Waals surface area (Å²) < 4.78 is 2.32. The number of hydrogen-bond donors (Lipinski definition) is 0. The lowest BCUT2D eigenvalue weighted by Crippen LogP contribution is -2.18. The van der Waals surface area contributed by atoms with Gasteiger partial charge in [-0.25, -0.2) is 0 Å². The molecule has 2 nitrogen and oxygen atoms in total. The van der Waals surface area contributed by atoms with E-state index in [4.69, 9.17) is 17.1 Å². The summed E-state index contributed by atoms with van der Waals surface area (Å²) in [6, 6.07) is 24.6. The Hall–Kier alpha value is -2.65. The number of allylic oxidation sites excluding steroid dienone is 1. The Labute approximate surface area is 154 Å². The van der Waals surface area contributed by atoms with E-state index in [1.165, 1.54) is 11.1 Å². The molecule has 0 aliphatic carbocycles. The Kier molecular flexibility index (Phi) is 5.81. The Morgan fingerprint density at radius 3 is 2.28 bits per heavy atom. The van der Waals surface area contributed by atoms with Crippen molar-refractivity contribution in [2.24, 2.45) is 0 Å². The lowest BCUT2D eigenvalue weighted by molar-refractivity contribution is 0.0278. The van der Waals surface area contributed by atoms with Gasteiger partial charge in [-0.05, 0) is 41.7 Å². The Balaban J connectivity index is 1.84. The highest BCUT2D eigenvalue weighted by molar-refractivity contribution is 7.71. The van der Waals surface area contributed by atoms with E-state index in [1.807, 2.05) is 36.5 Å². The quantitative estimate of drug-likeness (QED) is 0.383. The first-order chi connectivity index (χ1) is 12.3. The maximum Gasteiger partial charge on any atom is 0.150 e. The number of rotatable bonds is 7. The van der Waals surface area contributed by atoms with Crippen LogP contribution in [-0.4, -0.2) is 4.73 Å². The van der Waals surface area contributed by atoms with Crippen molar-refractivity contribution in [2.75, 3.05) is 0 Å². The van der Waals surface area contributed by atoms with Gasteiger partial charge in [0, 0.05) is 6.20 Å². The third kappa shape index (κ3) is 4.46. The van der Waals surface area contributed by atoms with E-state index >= 15 is 0 Å². The van der Waals surface area contributed by atoms with Crippen LogP contribution in [0.5, 0.6) is 0 Å². The van der Waals surface area contributed by atoms with E-state index in [1.54, 1.807) is 4.73 Å². The van der Waals surface area contributed by atoms with Crippen molar-refractivity contribution in [3.05, 3.63) is 102 Å². The van der Waals surface area contributed by atoms with Gasteiger partial charge < -0.3 is 4.84 Å². The van der Waals surface area contributed by atoms with Crippen LogP contribution in [0.25, 0.3) is 11.1 Å². The molecule has 2 aromatic carbocycles. The second-order valence-electron chi connectivity index (χ2n) is 5.81. The molecule has 0 amide bonds. The van der Waals surface area contributed by atoms with Gasteiger partial charge in [0.25, 0.3) is 0 Å². The first kappa shape index (κ1) is 17.2. The second-order valence-corrected chi connectivity index (χ2v) is 6.23. The Morgan fingerprint density at radius 1 is 0.920 bits per heavy atom. The molecule has 0 bridgehead atoms. The fraction of sp³-hybridized carbons (Fsp3) is 0.136. The normalized spacial score (nSPS) is 11.7. The molecule has 3 heteroatoms. The molecule has 1 aromatic heterocycles. The third-order valence-electron chi connectivity index (χ3n) is 4.05. The number of hydrogen-bond acceptors (Lipinski definition) is 2. The van der Waals surface area contributed by atoms with Crippen molar-refractivity contribution >= 4 is 12.2 Å². The van der Waals surface area contributed by atoms with Gasteiger partial charge in [-0.3, -0.25) is 0 Å². The predicted octanol–water partition coefficient (Wildman–Crippen LogP) is 6.02. The SMILES string of the molecule is C=CCCC(On1ccccc1=S)c1ccc(-c2ccccc2)cc1. The fourth-order valence-electron chi connectivity index (χ4n) is 2.71. The van der Waals surface area contributed by atoms with Crippen molar-refractivity contribution in [3.63, 3.8) is 0 Å². The largest absolute Gasteiger partial charge is 0.405 e. The lowest BCUT2D eigenvalue weighted by Gasteiger charge is -2.20. The summed E-state index contributed by atoms with van der Waals surface area (Å²) in [6.45, 7) is 3.82. The summed E-state index contributed by atoms with van der Waals surface area (Å²) in [5, 5.41) is 0. The van der Waals surface area contributed by atoms with E-state index in [2.05, 4.69) is 55.1 Å². The topological polar surface area (TPSA) is 14.2 Å². The number of pyridine rings is 1. The molecule has 1 unspecified atom stereocenters. The van der Waals surface area contributed by atoms with Crippen LogP contribution in [0.3, 0.4) is 0 Å². The van der Waals surface area contributed by atoms with Crippen LogP contribution in [-0.2, 0) is 0 Å². The summed E-state index contributed by atoms with van der Waals surface area (Å²) in [7, 11) is 0. The first-order valence-electron chi connectivity index (χ1n) is 8.39. The summed E-state index contributed by atoms with van der Waals surface area (Å²) >= 11 is 5.34. The molecule has 0 spiro atoms. The monoisotopic (exact) mass is 347 g/mol. The van der Waals surface area contributed by atoms with Crippen LogP contribution in [0.1, 0.15) is 24.5 Å². The van der Waals surface area contributed by atoms with Gasteiger partial charge in [-0.1, -0.05) is 79.0 Å². The number of benzene rings is 2. The van der Waals surface area contributed by atoms with Crippen molar-refractivity contribution in [2.45, 2.75) is 18.9 Å². The van der Waals surface area contributed by atoms with Gasteiger partial charge in [0.1, 0.15) is 4.64 Å². The van der Waals surface area contributed by atoms with Crippen molar-refractivity contribution < 1.29 is 4.84 Å². The molecule has 1 heterocycles. The van der Waals surface area contributed by atoms with Gasteiger partial charge in [0.05, 0.1) is 0 Å². The maximum absolute atomic E-state index is 6.14. The Morgan fingerprint density at radius 2 is 1.60 bits per heavy atom. The van der Waals surface area contributed by atoms with Crippen LogP contribution in [0.15, 0.2) is 91.6 Å². The lowest BCUT2D eigenvalue weighted by atomic mass is 10.00. The zero-order valence-corrected chi connectivity index (χ0v) is 14.9. The van der Waals surface area contributed by atoms with Gasteiger partial charge in [0.2, 0.25) is 0 Å². The smallest absolute Gasteiger partial charge is 0.150 e. The second kappa shape index (κ2) is 8.45. The molecule has 0 N–H and O–H groups in total.